The summed E-state index contributed by atoms with van der Waals surface area (Å²) in [5, 5.41) is 10.1. The highest BCUT2D eigenvalue weighted by Crippen LogP contribution is 2.27. The van der Waals surface area contributed by atoms with Crippen LogP contribution >= 0.6 is 0 Å². The van der Waals surface area contributed by atoms with Gasteiger partial charge in [0.25, 0.3) is 0 Å². The minimum atomic E-state index is -1.20. The Morgan fingerprint density at radius 3 is 2.09 bits per heavy atom. The van der Waals surface area contributed by atoms with E-state index in [2.05, 4.69) is 13.8 Å². The normalized spacial score (nSPS) is 32.0. The first kappa shape index (κ1) is 19.4. The fourth-order valence-corrected chi connectivity index (χ4v) is 2.46. The van der Waals surface area contributed by atoms with E-state index in [9.17, 15) is 9.90 Å². The van der Waals surface area contributed by atoms with Crippen LogP contribution in [0.1, 0.15) is 53.4 Å². The Hall–Kier alpha value is -0.690. The Bertz CT molecular complexity index is 322. The highest BCUT2D eigenvalue weighted by Gasteiger charge is 2.47. The fraction of sp³-hybridized carbons (Fsp3) is 0.938. The molecule has 1 N–H and O–H groups in total. The van der Waals surface area contributed by atoms with E-state index in [1.165, 1.54) is 6.92 Å². The van der Waals surface area contributed by atoms with Crippen LogP contribution in [0.2, 0.25) is 0 Å². The van der Waals surface area contributed by atoms with E-state index in [4.69, 9.17) is 18.9 Å². The molecule has 0 bridgehead atoms. The van der Waals surface area contributed by atoms with E-state index in [1.807, 2.05) is 6.92 Å². The van der Waals surface area contributed by atoms with Gasteiger partial charge in [-0.1, -0.05) is 26.7 Å². The molecular formula is C16H30O6. The van der Waals surface area contributed by atoms with Gasteiger partial charge in [-0.2, -0.15) is 0 Å². The summed E-state index contributed by atoms with van der Waals surface area (Å²) in [6.45, 7) is 8.42. The van der Waals surface area contributed by atoms with E-state index in [-0.39, 0.29) is 12.2 Å². The van der Waals surface area contributed by atoms with Gasteiger partial charge in [0.2, 0.25) is 0 Å². The number of hydrogen-bond acceptors (Lipinski definition) is 6. The molecule has 5 atom stereocenters. The van der Waals surface area contributed by atoms with E-state index in [0.29, 0.717) is 13.2 Å². The fourth-order valence-electron chi connectivity index (χ4n) is 2.46. The maximum atomic E-state index is 11.3. The van der Waals surface area contributed by atoms with Crippen LogP contribution in [0, 0.1) is 0 Å². The largest absolute Gasteiger partial charge is 0.454 e. The van der Waals surface area contributed by atoms with Crippen LogP contribution in [0.15, 0.2) is 0 Å². The lowest BCUT2D eigenvalue weighted by molar-refractivity contribution is -0.297. The molecule has 1 rings (SSSR count). The van der Waals surface area contributed by atoms with Crippen molar-refractivity contribution >= 4 is 5.97 Å². The van der Waals surface area contributed by atoms with Gasteiger partial charge in [0, 0.05) is 20.1 Å². The molecule has 1 heterocycles. The highest BCUT2D eigenvalue weighted by molar-refractivity contribution is 5.66. The SMILES string of the molecule is CCCCO[C@H]1C(C)O[C@@H](O)C(OC(C)=O)[C@@H]1OCCCC. The van der Waals surface area contributed by atoms with Gasteiger partial charge in [-0.05, 0) is 19.8 Å². The molecule has 0 radical (unpaired) electrons. The minimum Gasteiger partial charge on any atom is -0.454 e. The first-order valence-corrected chi connectivity index (χ1v) is 8.25. The second-order valence-electron chi connectivity index (χ2n) is 5.68. The Balaban J connectivity index is 2.79. The topological polar surface area (TPSA) is 74.2 Å². The molecule has 0 spiro atoms. The molecule has 1 aliphatic heterocycles. The first-order chi connectivity index (χ1) is 10.5. The van der Waals surface area contributed by atoms with Gasteiger partial charge in [-0.25, -0.2) is 0 Å². The summed E-state index contributed by atoms with van der Waals surface area (Å²) in [5.74, 6) is -0.474. The monoisotopic (exact) mass is 318 g/mol. The lowest BCUT2D eigenvalue weighted by Crippen LogP contribution is -2.60. The van der Waals surface area contributed by atoms with Crippen molar-refractivity contribution < 1.29 is 28.8 Å². The molecule has 1 saturated heterocycles. The quantitative estimate of drug-likeness (QED) is 0.518. The van der Waals surface area contributed by atoms with Crippen LogP contribution in [-0.2, 0) is 23.7 Å². The number of aliphatic hydroxyl groups excluding tert-OH is 1. The van der Waals surface area contributed by atoms with E-state index in [0.717, 1.165) is 25.7 Å². The average molecular weight is 318 g/mol. The van der Waals surface area contributed by atoms with Crippen LogP contribution in [0.3, 0.4) is 0 Å². The Morgan fingerprint density at radius 2 is 1.59 bits per heavy atom. The third kappa shape index (κ3) is 5.83. The zero-order valence-electron chi connectivity index (χ0n) is 14.1. The third-order valence-electron chi connectivity index (χ3n) is 3.66. The molecule has 0 amide bonds. The molecule has 22 heavy (non-hydrogen) atoms. The molecule has 0 aliphatic carbocycles. The molecule has 0 aromatic carbocycles. The maximum Gasteiger partial charge on any atom is 0.303 e. The minimum absolute atomic E-state index is 0.328. The summed E-state index contributed by atoms with van der Waals surface area (Å²) in [5.41, 5.74) is 0. The zero-order valence-corrected chi connectivity index (χ0v) is 14.1. The van der Waals surface area contributed by atoms with Crippen LogP contribution in [0.4, 0.5) is 0 Å². The number of ether oxygens (including phenoxy) is 4. The summed E-state index contributed by atoms with van der Waals surface area (Å²) < 4.78 is 22.4. The van der Waals surface area contributed by atoms with Crippen molar-refractivity contribution in [2.24, 2.45) is 0 Å². The molecule has 130 valence electrons. The predicted molar refractivity (Wildman–Crippen MR) is 81.4 cm³/mol. The summed E-state index contributed by atoms with van der Waals surface area (Å²) in [6, 6.07) is 0. The van der Waals surface area contributed by atoms with Crippen molar-refractivity contribution in [3.05, 3.63) is 0 Å². The van der Waals surface area contributed by atoms with Crippen molar-refractivity contribution in [3.8, 4) is 0 Å². The van der Waals surface area contributed by atoms with Crippen molar-refractivity contribution in [3.63, 3.8) is 0 Å². The van der Waals surface area contributed by atoms with Crippen LogP contribution in [0.5, 0.6) is 0 Å². The average Bonchev–Trinajstić information content (AvgIpc) is 2.45. The molecule has 0 saturated carbocycles. The van der Waals surface area contributed by atoms with Gasteiger partial charge in [0.05, 0.1) is 6.10 Å². The lowest BCUT2D eigenvalue weighted by atomic mass is 9.99. The van der Waals surface area contributed by atoms with Crippen molar-refractivity contribution in [2.45, 2.75) is 84.1 Å². The Labute approximate surface area is 133 Å². The molecule has 6 heteroatoms. The predicted octanol–water partition coefficient (Wildman–Crippen LogP) is 2.03. The number of esters is 1. The summed E-state index contributed by atoms with van der Waals surface area (Å²) >= 11 is 0. The number of rotatable bonds is 9. The van der Waals surface area contributed by atoms with Gasteiger partial charge in [-0.3, -0.25) is 4.79 Å². The van der Waals surface area contributed by atoms with Crippen molar-refractivity contribution in [1.82, 2.24) is 0 Å². The van der Waals surface area contributed by atoms with Gasteiger partial charge in [-0.15, -0.1) is 0 Å². The van der Waals surface area contributed by atoms with Gasteiger partial charge < -0.3 is 24.1 Å². The maximum absolute atomic E-state index is 11.3. The number of aliphatic hydroxyl groups is 1. The number of unbranched alkanes of at least 4 members (excludes halogenated alkanes) is 2. The number of hydrogen-bond donors (Lipinski definition) is 1. The summed E-state index contributed by atoms with van der Waals surface area (Å²) in [4.78, 5) is 11.3. The number of carbonyl (C=O) groups excluding carboxylic acids is 1. The van der Waals surface area contributed by atoms with Crippen LogP contribution < -0.4 is 0 Å². The number of carbonyl (C=O) groups is 1. The second kappa shape index (κ2) is 10.2. The third-order valence-corrected chi connectivity index (χ3v) is 3.66. The summed E-state index contributed by atoms with van der Waals surface area (Å²) in [7, 11) is 0. The van der Waals surface area contributed by atoms with Gasteiger partial charge >= 0.3 is 5.97 Å². The van der Waals surface area contributed by atoms with E-state index < -0.39 is 24.5 Å². The highest BCUT2D eigenvalue weighted by atomic mass is 16.7. The standard InChI is InChI=1S/C16H30O6/c1-5-7-9-19-13-11(3)21-16(18)15(22-12(4)17)14(13)20-10-8-6-2/h11,13-16,18H,5-10H2,1-4H3/t11?,13-,14+,15?,16+/m0/s1. The van der Waals surface area contributed by atoms with Crippen LogP contribution in [-0.4, -0.2) is 55.0 Å². The molecule has 0 aromatic rings. The summed E-state index contributed by atoms with van der Waals surface area (Å²) in [6.07, 6.45) is 0.587. The molecular weight excluding hydrogens is 288 g/mol. The van der Waals surface area contributed by atoms with Gasteiger partial charge in [0.15, 0.2) is 12.4 Å². The molecule has 1 aliphatic rings. The van der Waals surface area contributed by atoms with Crippen LogP contribution in [0.25, 0.3) is 0 Å². The second-order valence-corrected chi connectivity index (χ2v) is 5.68. The zero-order chi connectivity index (χ0) is 16.5. The smallest absolute Gasteiger partial charge is 0.303 e. The molecule has 1 fully saturated rings. The van der Waals surface area contributed by atoms with E-state index in [1.54, 1.807) is 0 Å². The molecule has 2 unspecified atom stereocenters. The van der Waals surface area contributed by atoms with Crippen molar-refractivity contribution in [1.29, 1.82) is 0 Å². The Morgan fingerprint density at radius 1 is 1.05 bits per heavy atom. The first-order valence-electron chi connectivity index (χ1n) is 8.25. The lowest BCUT2D eigenvalue weighted by Gasteiger charge is -2.43. The Kier molecular flexibility index (Phi) is 8.93. The van der Waals surface area contributed by atoms with E-state index >= 15 is 0 Å². The molecule has 6 nitrogen and oxygen atoms in total. The van der Waals surface area contributed by atoms with Crippen molar-refractivity contribution in [2.75, 3.05) is 13.2 Å². The molecule has 0 aromatic heterocycles. The van der Waals surface area contributed by atoms with Gasteiger partial charge in [0.1, 0.15) is 12.2 Å².